The average Bonchev–Trinajstić information content (AvgIpc) is 3.11. The molecule has 0 bridgehead atoms. The third-order valence-corrected chi connectivity index (χ3v) is 8.60. The van der Waals surface area contributed by atoms with Crippen LogP contribution >= 0.6 is 0 Å². The standard InChI is InChI=1S/C44H76O6/c1-4-7-10-13-15-17-18-19-20-21-22-23-24-25-26-27-29-31-34-37-43(46)49-40-41(39-48-42(45)36-33-30-12-9-6-3)50-44(47)38-35-32-28-16-14-11-8-5-2/h7,10,15,17,19-20,22-23,41H,4-6,8-9,11-14,16,18,21,24-40H2,1-3H3/b10-7-,17-15-,20-19-,23-22-. The first-order valence-corrected chi connectivity index (χ1v) is 20.6. The van der Waals surface area contributed by atoms with Crippen LogP contribution in [0.25, 0.3) is 0 Å². The van der Waals surface area contributed by atoms with Gasteiger partial charge in [-0.05, 0) is 57.8 Å². The number of unbranched alkanes of at least 4 members (excludes halogenated alkanes) is 17. The number of hydrogen-bond acceptors (Lipinski definition) is 6. The molecule has 1 atom stereocenters. The van der Waals surface area contributed by atoms with Gasteiger partial charge >= 0.3 is 17.9 Å². The zero-order valence-corrected chi connectivity index (χ0v) is 32.7. The Labute approximate surface area is 307 Å². The molecule has 0 radical (unpaired) electrons. The number of carbonyl (C=O) groups excluding carboxylic acids is 3. The van der Waals surface area contributed by atoms with E-state index in [-0.39, 0.29) is 31.1 Å². The number of hydrogen-bond donors (Lipinski definition) is 0. The Bertz CT molecular complexity index is 902. The van der Waals surface area contributed by atoms with Gasteiger partial charge in [-0.3, -0.25) is 14.4 Å². The van der Waals surface area contributed by atoms with Crippen molar-refractivity contribution in [2.24, 2.45) is 0 Å². The predicted octanol–water partition coefficient (Wildman–Crippen LogP) is 12.8. The second kappa shape index (κ2) is 39.2. The van der Waals surface area contributed by atoms with E-state index < -0.39 is 6.10 Å². The van der Waals surface area contributed by atoms with Crippen molar-refractivity contribution in [3.05, 3.63) is 48.6 Å². The fourth-order valence-corrected chi connectivity index (χ4v) is 5.49. The van der Waals surface area contributed by atoms with E-state index >= 15 is 0 Å². The van der Waals surface area contributed by atoms with Gasteiger partial charge in [0.2, 0.25) is 0 Å². The molecule has 0 aromatic heterocycles. The van der Waals surface area contributed by atoms with Crippen LogP contribution in [0.15, 0.2) is 48.6 Å². The maximum Gasteiger partial charge on any atom is 0.306 e. The molecule has 1 unspecified atom stereocenters. The highest BCUT2D eigenvalue weighted by Crippen LogP contribution is 2.13. The van der Waals surface area contributed by atoms with Crippen molar-refractivity contribution in [1.82, 2.24) is 0 Å². The zero-order valence-electron chi connectivity index (χ0n) is 32.7. The number of ether oxygens (including phenoxy) is 3. The average molecular weight is 701 g/mol. The minimum absolute atomic E-state index is 0.0782. The van der Waals surface area contributed by atoms with Crippen LogP contribution in [-0.4, -0.2) is 37.2 Å². The van der Waals surface area contributed by atoms with E-state index in [0.29, 0.717) is 19.3 Å². The molecule has 0 saturated heterocycles. The smallest absolute Gasteiger partial charge is 0.306 e. The van der Waals surface area contributed by atoms with Crippen LogP contribution in [0.3, 0.4) is 0 Å². The highest BCUT2D eigenvalue weighted by molar-refractivity contribution is 5.71. The molecule has 0 fully saturated rings. The molecule has 0 amide bonds. The Balaban J connectivity index is 4.19. The fourth-order valence-electron chi connectivity index (χ4n) is 5.49. The lowest BCUT2D eigenvalue weighted by molar-refractivity contribution is -0.167. The SMILES string of the molecule is CC/C=C\C/C=C\C/C=C\C/C=C\CCCCCCCCC(=O)OCC(COC(=O)CCCCCCC)OC(=O)CCCCCCCCCC. The van der Waals surface area contributed by atoms with Gasteiger partial charge in [-0.15, -0.1) is 0 Å². The maximum absolute atomic E-state index is 12.5. The highest BCUT2D eigenvalue weighted by Gasteiger charge is 2.19. The van der Waals surface area contributed by atoms with E-state index in [1.165, 1.54) is 57.8 Å². The first-order valence-electron chi connectivity index (χ1n) is 20.6. The summed E-state index contributed by atoms with van der Waals surface area (Å²) in [6.45, 7) is 6.37. The van der Waals surface area contributed by atoms with Gasteiger partial charge in [-0.1, -0.05) is 166 Å². The van der Waals surface area contributed by atoms with Crippen LogP contribution in [-0.2, 0) is 28.6 Å². The van der Waals surface area contributed by atoms with Gasteiger partial charge < -0.3 is 14.2 Å². The number of allylic oxidation sites excluding steroid dienone is 8. The summed E-state index contributed by atoms with van der Waals surface area (Å²) in [5, 5.41) is 0. The number of rotatable bonds is 36. The lowest BCUT2D eigenvalue weighted by Crippen LogP contribution is -2.30. The van der Waals surface area contributed by atoms with Gasteiger partial charge in [0.05, 0.1) is 0 Å². The quantitative estimate of drug-likeness (QED) is 0.0280. The summed E-state index contributed by atoms with van der Waals surface area (Å²) in [6, 6.07) is 0. The van der Waals surface area contributed by atoms with Gasteiger partial charge in [0.25, 0.3) is 0 Å². The lowest BCUT2D eigenvalue weighted by atomic mass is 10.1. The second-order valence-electron chi connectivity index (χ2n) is 13.5. The van der Waals surface area contributed by atoms with Crippen LogP contribution in [0, 0.1) is 0 Å². The van der Waals surface area contributed by atoms with Gasteiger partial charge in [0, 0.05) is 19.3 Å². The summed E-state index contributed by atoms with van der Waals surface area (Å²) < 4.78 is 16.5. The van der Waals surface area contributed by atoms with Gasteiger partial charge in [-0.25, -0.2) is 0 Å². The van der Waals surface area contributed by atoms with Crippen molar-refractivity contribution in [3.63, 3.8) is 0 Å². The first kappa shape index (κ1) is 47.4. The topological polar surface area (TPSA) is 78.9 Å². The maximum atomic E-state index is 12.5. The summed E-state index contributed by atoms with van der Waals surface area (Å²) >= 11 is 0. The minimum Gasteiger partial charge on any atom is -0.462 e. The molecule has 0 aromatic rings. The van der Waals surface area contributed by atoms with E-state index in [9.17, 15) is 14.4 Å². The van der Waals surface area contributed by atoms with Crippen LogP contribution in [0.4, 0.5) is 0 Å². The number of carbonyl (C=O) groups is 3. The highest BCUT2D eigenvalue weighted by atomic mass is 16.6. The van der Waals surface area contributed by atoms with E-state index in [1.807, 2.05) is 0 Å². The molecule has 0 heterocycles. The summed E-state index contributed by atoms with van der Waals surface area (Å²) in [6.07, 6.45) is 44.2. The van der Waals surface area contributed by atoms with Crippen LogP contribution in [0.2, 0.25) is 0 Å². The molecule has 0 aromatic carbocycles. The lowest BCUT2D eigenvalue weighted by Gasteiger charge is -2.18. The van der Waals surface area contributed by atoms with E-state index in [4.69, 9.17) is 14.2 Å². The van der Waals surface area contributed by atoms with Crippen LogP contribution < -0.4 is 0 Å². The molecule has 0 aliphatic heterocycles. The van der Waals surface area contributed by atoms with Gasteiger partial charge in [0.15, 0.2) is 6.10 Å². The molecule has 6 nitrogen and oxygen atoms in total. The zero-order chi connectivity index (χ0) is 36.6. The molecule has 0 N–H and O–H groups in total. The Morgan fingerprint density at radius 1 is 0.420 bits per heavy atom. The van der Waals surface area contributed by atoms with Crippen molar-refractivity contribution >= 4 is 17.9 Å². The molecular weight excluding hydrogens is 624 g/mol. The third kappa shape index (κ3) is 36.6. The molecule has 50 heavy (non-hydrogen) atoms. The van der Waals surface area contributed by atoms with Crippen LogP contribution in [0.5, 0.6) is 0 Å². The fraction of sp³-hybridized carbons (Fsp3) is 0.750. The number of esters is 3. The molecule has 0 aliphatic carbocycles. The van der Waals surface area contributed by atoms with Crippen molar-refractivity contribution in [2.45, 2.75) is 200 Å². The molecule has 0 aliphatic rings. The molecular formula is C44H76O6. The van der Waals surface area contributed by atoms with Crippen molar-refractivity contribution in [2.75, 3.05) is 13.2 Å². The van der Waals surface area contributed by atoms with Gasteiger partial charge in [-0.2, -0.15) is 0 Å². The Hall–Kier alpha value is -2.63. The third-order valence-electron chi connectivity index (χ3n) is 8.60. The summed E-state index contributed by atoms with van der Waals surface area (Å²) in [7, 11) is 0. The minimum atomic E-state index is -0.769. The van der Waals surface area contributed by atoms with Gasteiger partial charge in [0.1, 0.15) is 13.2 Å². The molecule has 288 valence electrons. The summed E-state index contributed by atoms with van der Waals surface area (Å²) in [5.41, 5.74) is 0. The van der Waals surface area contributed by atoms with Crippen molar-refractivity contribution < 1.29 is 28.6 Å². The van der Waals surface area contributed by atoms with E-state index in [1.54, 1.807) is 0 Å². The summed E-state index contributed by atoms with van der Waals surface area (Å²) in [5.74, 6) is -0.916. The molecule has 0 rings (SSSR count). The second-order valence-corrected chi connectivity index (χ2v) is 13.5. The van der Waals surface area contributed by atoms with Crippen molar-refractivity contribution in [1.29, 1.82) is 0 Å². The van der Waals surface area contributed by atoms with E-state index in [2.05, 4.69) is 69.4 Å². The largest absolute Gasteiger partial charge is 0.462 e. The Kier molecular flexibility index (Phi) is 37.1. The normalized spacial score (nSPS) is 12.5. The monoisotopic (exact) mass is 701 g/mol. The molecule has 0 spiro atoms. The van der Waals surface area contributed by atoms with Crippen LogP contribution in [0.1, 0.15) is 194 Å². The molecule has 6 heteroatoms. The van der Waals surface area contributed by atoms with E-state index in [0.717, 1.165) is 96.3 Å². The Morgan fingerprint density at radius 2 is 0.780 bits per heavy atom. The Morgan fingerprint density at radius 3 is 1.22 bits per heavy atom. The first-order chi connectivity index (χ1) is 24.5. The van der Waals surface area contributed by atoms with Crippen molar-refractivity contribution in [3.8, 4) is 0 Å². The molecule has 0 saturated carbocycles. The predicted molar refractivity (Wildman–Crippen MR) is 210 cm³/mol. The summed E-state index contributed by atoms with van der Waals surface area (Å²) in [4.78, 5) is 37.2.